The Balaban J connectivity index is 2.02. The lowest BCUT2D eigenvalue weighted by atomic mass is 10.0. The summed E-state index contributed by atoms with van der Waals surface area (Å²) < 4.78 is 6.38. The van der Waals surface area contributed by atoms with E-state index in [-0.39, 0.29) is 5.60 Å². The first kappa shape index (κ1) is 11.6. The van der Waals surface area contributed by atoms with Crippen molar-refractivity contribution in [2.45, 2.75) is 25.4 Å². The van der Waals surface area contributed by atoms with Gasteiger partial charge in [-0.1, -0.05) is 0 Å². The first-order valence-corrected chi connectivity index (χ1v) is 6.04. The fourth-order valence-electron chi connectivity index (χ4n) is 1.75. The van der Waals surface area contributed by atoms with Gasteiger partial charge in [-0.25, -0.2) is 9.97 Å². The molecule has 0 bridgehead atoms. The Morgan fingerprint density at radius 1 is 1.62 bits per heavy atom. The van der Waals surface area contributed by atoms with Gasteiger partial charge in [0.1, 0.15) is 22.4 Å². The van der Waals surface area contributed by atoms with Crippen molar-refractivity contribution < 1.29 is 4.74 Å². The Bertz CT molecular complexity index is 379. The van der Waals surface area contributed by atoms with Gasteiger partial charge in [0.25, 0.3) is 0 Å². The van der Waals surface area contributed by atoms with Crippen LogP contribution in [0.2, 0.25) is 0 Å². The highest BCUT2D eigenvalue weighted by Crippen LogP contribution is 2.28. The van der Waals surface area contributed by atoms with Crippen LogP contribution in [0.25, 0.3) is 0 Å². The van der Waals surface area contributed by atoms with Gasteiger partial charge in [-0.15, -0.1) is 0 Å². The minimum Gasteiger partial charge on any atom is -0.383 e. The molecule has 1 atom stereocenters. The summed E-state index contributed by atoms with van der Waals surface area (Å²) in [4.78, 5) is 8.01. The number of aromatic nitrogens is 2. The normalized spacial score (nSPS) is 24.6. The summed E-state index contributed by atoms with van der Waals surface area (Å²) in [6.45, 7) is 3.67. The van der Waals surface area contributed by atoms with Crippen LogP contribution >= 0.6 is 15.9 Å². The van der Waals surface area contributed by atoms with Gasteiger partial charge in [0.2, 0.25) is 0 Å². The quantitative estimate of drug-likeness (QED) is 0.887. The van der Waals surface area contributed by atoms with Gasteiger partial charge < -0.3 is 15.8 Å². The SMILES string of the molecule is CC1(CNc2ncnc(N)c2Br)CCCO1. The molecule has 1 saturated heterocycles. The maximum absolute atomic E-state index is 5.68. The molecular formula is C10H15BrN4O. The van der Waals surface area contributed by atoms with Gasteiger partial charge >= 0.3 is 0 Å². The second-order valence-corrected chi connectivity index (χ2v) is 4.97. The molecule has 0 aliphatic carbocycles. The smallest absolute Gasteiger partial charge is 0.146 e. The third kappa shape index (κ3) is 2.44. The van der Waals surface area contributed by atoms with Crippen molar-refractivity contribution in [3.63, 3.8) is 0 Å². The predicted molar refractivity (Wildman–Crippen MR) is 66.2 cm³/mol. The van der Waals surface area contributed by atoms with Crippen molar-refractivity contribution in [2.75, 3.05) is 24.2 Å². The molecule has 6 heteroatoms. The lowest BCUT2D eigenvalue weighted by molar-refractivity contribution is 0.0314. The number of hydrogen-bond donors (Lipinski definition) is 2. The topological polar surface area (TPSA) is 73.1 Å². The van der Waals surface area contributed by atoms with E-state index in [1.54, 1.807) is 0 Å². The van der Waals surface area contributed by atoms with Crippen molar-refractivity contribution in [2.24, 2.45) is 0 Å². The molecule has 0 saturated carbocycles. The minimum atomic E-state index is -0.0981. The number of halogens is 1. The molecule has 1 fully saturated rings. The van der Waals surface area contributed by atoms with E-state index in [2.05, 4.69) is 38.1 Å². The van der Waals surface area contributed by atoms with E-state index in [0.717, 1.165) is 26.0 Å². The van der Waals surface area contributed by atoms with Gasteiger partial charge in [0.15, 0.2) is 0 Å². The summed E-state index contributed by atoms with van der Waals surface area (Å²) in [7, 11) is 0. The standard InChI is InChI=1S/C10H15BrN4O/c1-10(3-2-4-16-10)5-13-9-7(11)8(12)14-6-15-9/h6H,2-5H2,1H3,(H3,12,13,14,15). The van der Waals surface area contributed by atoms with E-state index in [4.69, 9.17) is 10.5 Å². The molecule has 88 valence electrons. The largest absolute Gasteiger partial charge is 0.383 e. The number of nitrogens with two attached hydrogens (primary N) is 1. The third-order valence-corrected chi connectivity index (χ3v) is 3.53. The van der Waals surface area contributed by atoms with Crippen LogP contribution in [-0.2, 0) is 4.74 Å². The molecule has 5 nitrogen and oxygen atoms in total. The fraction of sp³-hybridized carbons (Fsp3) is 0.600. The van der Waals surface area contributed by atoms with Crippen LogP contribution in [0.5, 0.6) is 0 Å². The molecular weight excluding hydrogens is 272 g/mol. The highest BCUT2D eigenvalue weighted by atomic mass is 79.9. The molecule has 1 aromatic heterocycles. The molecule has 0 amide bonds. The van der Waals surface area contributed by atoms with Crippen LogP contribution in [0.3, 0.4) is 0 Å². The maximum Gasteiger partial charge on any atom is 0.146 e. The molecule has 3 N–H and O–H groups in total. The first-order valence-electron chi connectivity index (χ1n) is 5.24. The molecule has 1 aromatic rings. The number of nitrogens with one attached hydrogen (secondary N) is 1. The van der Waals surface area contributed by atoms with Crippen molar-refractivity contribution >= 4 is 27.6 Å². The van der Waals surface area contributed by atoms with Crippen molar-refractivity contribution in [1.29, 1.82) is 0 Å². The second-order valence-electron chi connectivity index (χ2n) is 4.18. The van der Waals surface area contributed by atoms with Gasteiger partial charge in [0, 0.05) is 13.2 Å². The number of anilines is 2. The van der Waals surface area contributed by atoms with E-state index in [0.29, 0.717) is 16.1 Å². The molecule has 1 unspecified atom stereocenters. The molecule has 0 spiro atoms. The average molecular weight is 287 g/mol. The minimum absolute atomic E-state index is 0.0981. The predicted octanol–water partition coefficient (Wildman–Crippen LogP) is 1.80. The Kier molecular flexibility index (Phi) is 3.30. The monoisotopic (exact) mass is 286 g/mol. The molecule has 0 radical (unpaired) electrons. The Labute approximate surface area is 103 Å². The molecule has 1 aliphatic rings. The zero-order valence-corrected chi connectivity index (χ0v) is 10.7. The van der Waals surface area contributed by atoms with Crippen LogP contribution in [0.15, 0.2) is 10.8 Å². The van der Waals surface area contributed by atoms with Crippen LogP contribution in [-0.4, -0.2) is 28.7 Å². The molecule has 16 heavy (non-hydrogen) atoms. The zero-order chi connectivity index (χ0) is 11.6. The Hall–Kier alpha value is -0.880. The maximum atomic E-state index is 5.68. The highest BCUT2D eigenvalue weighted by Gasteiger charge is 2.29. The Morgan fingerprint density at radius 2 is 2.44 bits per heavy atom. The van der Waals surface area contributed by atoms with Crippen LogP contribution < -0.4 is 11.1 Å². The molecule has 1 aliphatic heterocycles. The number of nitrogen functional groups attached to an aromatic ring is 1. The summed E-state index contributed by atoms with van der Waals surface area (Å²) >= 11 is 3.35. The molecule has 2 rings (SSSR count). The van der Waals surface area contributed by atoms with Gasteiger partial charge in [-0.3, -0.25) is 0 Å². The molecule has 0 aromatic carbocycles. The van der Waals surface area contributed by atoms with Crippen molar-refractivity contribution in [1.82, 2.24) is 9.97 Å². The summed E-state index contributed by atoms with van der Waals surface area (Å²) in [6, 6.07) is 0. The van der Waals surface area contributed by atoms with E-state index in [1.165, 1.54) is 6.33 Å². The van der Waals surface area contributed by atoms with Crippen LogP contribution in [0, 0.1) is 0 Å². The summed E-state index contributed by atoms with van der Waals surface area (Å²) in [5, 5.41) is 3.23. The van der Waals surface area contributed by atoms with E-state index in [1.807, 2.05) is 0 Å². The van der Waals surface area contributed by atoms with Gasteiger partial charge in [-0.05, 0) is 35.7 Å². The van der Waals surface area contributed by atoms with Crippen LogP contribution in [0.1, 0.15) is 19.8 Å². The first-order chi connectivity index (χ1) is 7.61. The Morgan fingerprint density at radius 3 is 3.12 bits per heavy atom. The van der Waals surface area contributed by atoms with E-state index < -0.39 is 0 Å². The number of hydrogen-bond acceptors (Lipinski definition) is 5. The molecule has 2 heterocycles. The van der Waals surface area contributed by atoms with Crippen LogP contribution in [0.4, 0.5) is 11.6 Å². The second kappa shape index (κ2) is 4.55. The van der Waals surface area contributed by atoms with Crippen molar-refractivity contribution in [3.8, 4) is 0 Å². The summed E-state index contributed by atoms with van der Waals surface area (Å²) in [6.07, 6.45) is 3.63. The van der Waals surface area contributed by atoms with E-state index >= 15 is 0 Å². The third-order valence-electron chi connectivity index (χ3n) is 2.75. The lowest BCUT2D eigenvalue weighted by Gasteiger charge is -2.23. The fourth-order valence-corrected chi connectivity index (χ4v) is 2.10. The van der Waals surface area contributed by atoms with Crippen molar-refractivity contribution in [3.05, 3.63) is 10.8 Å². The number of rotatable bonds is 3. The van der Waals surface area contributed by atoms with Gasteiger partial charge in [0.05, 0.1) is 5.60 Å². The number of ether oxygens (including phenoxy) is 1. The highest BCUT2D eigenvalue weighted by molar-refractivity contribution is 9.10. The number of nitrogens with zero attached hydrogens (tertiary/aromatic N) is 2. The zero-order valence-electron chi connectivity index (χ0n) is 9.16. The summed E-state index contributed by atoms with van der Waals surface area (Å²) in [5.41, 5.74) is 5.57. The van der Waals surface area contributed by atoms with E-state index in [9.17, 15) is 0 Å². The summed E-state index contributed by atoms with van der Waals surface area (Å²) in [5.74, 6) is 1.15. The average Bonchev–Trinajstić information content (AvgIpc) is 2.68. The van der Waals surface area contributed by atoms with Gasteiger partial charge in [-0.2, -0.15) is 0 Å². The lowest BCUT2D eigenvalue weighted by Crippen LogP contribution is -2.32.